The van der Waals surface area contributed by atoms with E-state index in [2.05, 4.69) is 10.4 Å². The van der Waals surface area contributed by atoms with Crippen LogP contribution in [0.5, 0.6) is 5.75 Å². The van der Waals surface area contributed by atoms with Gasteiger partial charge in [-0.25, -0.2) is 0 Å². The second-order valence-electron chi connectivity index (χ2n) is 6.72. The van der Waals surface area contributed by atoms with E-state index >= 15 is 0 Å². The van der Waals surface area contributed by atoms with Gasteiger partial charge in [0, 0.05) is 17.8 Å². The maximum atomic E-state index is 12.7. The molecule has 4 aromatic rings. The van der Waals surface area contributed by atoms with E-state index in [1.807, 2.05) is 30.3 Å². The minimum Gasteiger partial charge on any atom is -0.489 e. The molecule has 0 saturated carbocycles. The lowest BCUT2D eigenvalue weighted by molar-refractivity contribution is 0.101. The lowest BCUT2D eigenvalue weighted by atomic mass is 10.2. The number of anilines is 1. The Morgan fingerprint density at radius 3 is 2.53 bits per heavy atom. The van der Waals surface area contributed by atoms with Crippen molar-refractivity contribution >= 4 is 34.1 Å². The summed E-state index contributed by atoms with van der Waals surface area (Å²) in [5.74, 6) is 0.0849. The summed E-state index contributed by atoms with van der Waals surface area (Å²) in [6, 6.07) is 21.7. The van der Waals surface area contributed by atoms with Gasteiger partial charge in [-0.2, -0.15) is 5.10 Å². The summed E-state index contributed by atoms with van der Waals surface area (Å²) < 4.78 is 7.23. The van der Waals surface area contributed by atoms with Crippen LogP contribution in [0.15, 0.2) is 77.6 Å². The van der Waals surface area contributed by atoms with E-state index in [1.54, 1.807) is 43.4 Å². The molecule has 1 N–H and O–H groups in total. The fourth-order valence-corrected chi connectivity index (χ4v) is 3.24. The highest BCUT2D eigenvalue weighted by Crippen LogP contribution is 2.19. The minimum absolute atomic E-state index is 0.198. The highest BCUT2D eigenvalue weighted by Gasteiger charge is 2.17. The standard InChI is InChI=1S/C23H18ClN3O3/c1-27-20-12-7-16(24)13-19(20)22(28)21(26-27)23(29)25-17-8-10-18(11-9-17)30-14-15-5-3-2-4-6-15/h2-13H,14H2,1H3,(H,25,29). The van der Waals surface area contributed by atoms with E-state index < -0.39 is 11.3 Å². The van der Waals surface area contributed by atoms with Crippen LogP contribution >= 0.6 is 11.6 Å². The van der Waals surface area contributed by atoms with Gasteiger partial charge in [-0.15, -0.1) is 0 Å². The Hall–Kier alpha value is -3.64. The zero-order valence-corrected chi connectivity index (χ0v) is 16.9. The highest BCUT2D eigenvalue weighted by molar-refractivity contribution is 6.31. The largest absolute Gasteiger partial charge is 0.489 e. The number of aromatic nitrogens is 2. The van der Waals surface area contributed by atoms with Gasteiger partial charge in [-0.3, -0.25) is 14.3 Å². The molecule has 3 aromatic carbocycles. The van der Waals surface area contributed by atoms with Gasteiger partial charge >= 0.3 is 0 Å². The number of carbonyl (C=O) groups excluding carboxylic acids is 1. The molecule has 0 radical (unpaired) electrons. The van der Waals surface area contributed by atoms with Crippen molar-refractivity contribution in [3.05, 3.63) is 99.3 Å². The van der Waals surface area contributed by atoms with Gasteiger partial charge < -0.3 is 10.1 Å². The maximum Gasteiger partial charge on any atom is 0.280 e. The summed E-state index contributed by atoms with van der Waals surface area (Å²) >= 11 is 6.00. The van der Waals surface area contributed by atoms with E-state index in [4.69, 9.17) is 16.3 Å². The first-order chi connectivity index (χ1) is 14.5. The van der Waals surface area contributed by atoms with Gasteiger partial charge in [-0.1, -0.05) is 41.9 Å². The van der Waals surface area contributed by atoms with E-state index in [1.165, 1.54) is 10.7 Å². The number of nitrogens with zero attached hydrogens (tertiary/aromatic N) is 2. The van der Waals surface area contributed by atoms with Gasteiger partial charge in [0.2, 0.25) is 5.43 Å². The molecular formula is C23H18ClN3O3. The second-order valence-corrected chi connectivity index (χ2v) is 7.15. The first-order valence-electron chi connectivity index (χ1n) is 9.26. The fraction of sp³-hybridized carbons (Fsp3) is 0.0870. The van der Waals surface area contributed by atoms with Crippen LogP contribution in [-0.4, -0.2) is 15.7 Å². The summed E-state index contributed by atoms with van der Waals surface area (Å²) in [6.45, 7) is 0.451. The molecule has 0 bridgehead atoms. The average molecular weight is 420 g/mol. The van der Waals surface area contributed by atoms with Crippen LogP contribution in [0, 0.1) is 0 Å². The highest BCUT2D eigenvalue weighted by atomic mass is 35.5. The van der Waals surface area contributed by atoms with E-state index in [0.29, 0.717) is 34.0 Å². The molecule has 0 unspecified atom stereocenters. The number of hydrogen-bond acceptors (Lipinski definition) is 4. The first kappa shape index (κ1) is 19.7. The summed E-state index contributed by atoms with van der Waals surface area (Å²) in [7, 11) is 1.67. The van der Waals surface area contributed by atoms with E-state index in [-0.39, 0.29) is 5.69 Å². The lowest BCUT2D eigenvalue weighted by Crippen LogP contribution is -2.26. The number of rotatable bonds is 5. The second kappa shape index (κ2) is 8.39. The van der Waals surface area contributed by atoms with Gasteiger partial charge in [0.25, 0.3) is 5.91 Å². The molecule has 0 aliphatic heterocycles. The van der Waals surface area contributed by atoms with Gasteiger partial charge in [0.1, 0.15) is 12.4 Å². The Morgan fingerprint density at radius 1 is 1.07 bits per heavy atom. The van der Waals surface area contributed by atoms with Crippen LogP contribution in [0.2, 0.25) is 5.02 Å². The summed E-state index contributed by atoms with van der Waals surface area (Å²) in [5, 5.41) is 7.60. The Kier molecular flexibility index (Phi) is 5.50. The van der Waals surface area contributed by atoms with E-state index in [0.717, 1.165) is 5.56 Å². The van der Waals surface area contributed by atoms with Crippen LogP contribution < -0.4 is 15.5 Å². The molecule has 0 saturated heterocycles. The van der Waals surface area contributed by atoms with Crippen molar-refractivity contribution in [3.63, 3.8) is 0 Å². The monoisotopic (exact) mass is 419 g/mol. The Bertz CT molecular complexity index is 1270. The zero-order valence-electron chi connectivity index (χ0n) is 16.1. The van der Waals surface area contributed by atoms with Gasteiger partial charge in [-0.05, 0) is 48.0 Å². The van der Waals surface area contributed by atoms with Crippen LogP contribution in [0.3, 0.4) is 0 Å². The summed E-state index contributed by atoms with van der Waals surface area (Å²) in [6.07, 6.45) is 0. The van der Waals surface area contributed by atoms with Crippen molar-refractivity contribution in [2.75, 3.05) is 5.32 Å². The number of carbonyl (C=O) groups is 1. The lowest BCUT2D eigenvalue weighted by Gasteiger charge is -2.10. The van der Waals surface area contributed by atoms with Crippen molar-refractivity contribution in [1.82, 2.24) is 9.78 Å². The summed E-state index contributed by atoms with van der Waals surface area (Å²) in [4.78, 5) is 25.4. The molecule has 1 aromatic heterocycles. The van der Waals surface area contributed by atoms with Crippen molar-refractivity contribution in [3.8, 4) is 5.75 Å². The third-order valence-electron chi connectivity index (χ3n) is 4.59. The number of nitrogens with one attached hydrogen (secondary N) is 1. The molecule has 6 nitrogen and oxygen atoms in total. The van der Waals surface area contributed by atoms with Crippen LogP contribution in [-0.2, 0) is 13.7 Å². The van der Waals surface area contributed by atoms with Crippen molar-refractivity contribution in [1.29, 1.82) is 0 Å². The van der Waals surface area contributed by atoms with Gasteiger partial charge in [0.05, 0.1) is 10.9 Å². The number of halogens is 1. The number of fused-ring (bicyclic) bond motifs is 1. The van der Waals surface area contributed by atoms with Crippen LogP contribution in [0.25, 0.3) is 10.9 Å². The minimum atomic E-state index is -0.588. The molecule has 0 aliphatic rings. The molecule has 1 amide bonds. The fourth-order valence-electron chi connectivity index (χ4n) is 3.06. The molecule has 30 heavy (non-hydrogen) atoms. The average Bonchev–Trinajstić information content (AvgIpc) is 2.76. The molecule has 0 aliphatic carbocycles. The predicted molar refractivity (Wildman–Crippen MR) is 117 cm³/mol. The van der Waals surface area contributed by atoms with Crippen LogP contribution in [0.4, 0.5) is 5.69 Å². The predicted octanol–water partition coefficient (Wildman–Crippen LogP) is 4.42. The topological polar surface area (TPSA) is 73.2 Å². The third-order valence-corrected chi connectivity index (χ3v) is 4.83. The molecule has 0 atom stereocenters. The third kappa shape index (κ3) is 4.18. The molecule has 0 fully saturated rings. The van der Waals surface area contributed by atoms with E-state index in [9.17, 15) is 9.59 Å². The smallest absolute Gasteiger partial charge is 0.280 e. The number of hydrogen-bond donors (Lipinski definition) is 1. The van der Waals surface area contributed by atoms with Crippen molar-refractivity contribution in [2.24, 2.45) is 7.05 Å². The number of amides is 1. The van der Waals surface area contributed by atoms with Crippen molar-refractivity contribution < 1.29 is 9.53 Å². The van der Waals surface area contributed by atoms with Crippen LogP contribution in [0.1, 0.15) is 16.1 Å². The Labute approximate surface area is 177 Å². The Morgan fingerprint density at radius 2 is 1.80 bits per heavy atom. The van der Waals surface area contributed by atoms with Gasteiger partial charge in [0.15, 0.2) is 5.69 Å². The Balaban J connectivity index is 1.50. The first-order valence-corrected chi connectivity index (χ1v) is 9.64. The number of benzene rings is 3. The number of aryl methyl sites for hydroxylation is 1. The zero-order chi connectivity index (χ0) is 21.1. The quantitative estimate of drug-likeness (QED) is 0.519. The number of ether oxygens (including phenoxy) is 1. The maximum absolute atomic E-state index is 12.7. The molecular weight excluding hydrogens is 402 g/mol. The molecule has 4 rings (SSSR count). The molecule has 150 valence electrons. The van der Waals surface area contributed by atoms with Crippen molar-refractivity contribution in [2.45, 2.75) is 6.61 Å². The SMILES string of the molecule is Cn1nc(C(=O)Nc2ccc(OCc3ccccc3)cc2)c(=O)c2cc(Cl)ccc21. The molecule has 1 heterocycles. The molecule has 0 spiro atoms. The molecule has 7 heteroatoms. The normalized spacial score (nSPS) is 10.7. The summed E-state index contributed by atoms with van der Waals surface area (Å²) in [5.41, 5.74) is 1.53.